The fraction of sp³-hybridized carbons (Fsp3) is 0.652. The molecule has 3 aliphatic rings. The minimum atomic E-state index is 0. The topological polar surface area (TPSA) is 69.2 Å². The van der Waals surface area contributed by atoms with E-state index in [1.165, 1.54) is 12.0 Å². The van der Waals surface area contributed by atoms with Crippen LogP contribution in [0.3, 0.4) is 0 Å². The van der Waals surface area contributed by atoms with E-state index in [1.807, 2.05) is 7.05 Å². The Bertz CT molecular complexity index is 728. The van der Waals surface area contributed by atoms with E-state index in [0.717, 1.165) is 71.1 Å². The standard InChI is InChI=1S/C23H35N5O2.HI/c1-24-23(26-12-6-11-25-22(29)19-9-5-10-19)28-16-20-21(17-28)30-14-13-27(20)15-18-7-3-2-4-8-18;/h2-4,7-8,19-21H,5-6,9-17H2,1H3,(H,24,26)(H,25,29);1H. The van der Waals surface area contributed by atoms with E-state index >= 15 is 0 Å². The van der Waals surface area contributed by atoms with Gasteiger partial charge in [0.25, 0.3) is 0 Å². The van der Waals surface area contributed by atoms with Crippen LogP contribution in [0.5, 0.6) is 0 Å². The zero-order valence-electron chi connectivity index (χ0n) is 18.5. The molecule has 2 unspecified atom stereocenters. The van der Waals surface area contributed by atoms with E-state index in [-0.39, 0.29) is 41.9 Å². The second-order valence-electron chi connectivity index (χ2n) is 8.58. The van der Waals surface area contributed by atoms with E-state index in [2.05, 4.69) is 55.8 Å². The normalized spacial score (nSPS) is 24.2. The first kappa shape index (κ1) is 24.3. The van der Waals surface area contributed by atoms with Crippen molar-refractivity contribution in [2.24, 2.45) is 10.9 Å². The van der Waals surface area contributed by atoms with Gasteiger partial charge in [0.2, 0.25) is 5.91 Å². The molecule has 2 atom stereocenters. The van der Waals surface area contributed by atoms with Gasteiger partial charge < -0.3 is 20.3 Å². The first-order chi connectivity index (χ1) is 14.7. The van der Waals surface area contributed by atoms with Crippen LogP contribution in [0.15, 0.2) is 35.3 Å². The van der Waals surface area contributed by atoms with E-state index in [4.69, 9.17) is 4.74 Å². The molecule has 31 heavy (non-hydrogen) atoms. The summed E-state index contributed by atoms with van der Waals surface area (Å²) in [5.41, 5.74) is 1.35. The Balaban J connectivity index is 0.00000272. The predicted molar refractivity (Wildman–Crippen MR) is 134 cm³/mol. The van der Waals surface area contributed by atoms with Crippen LogP contribution in [0.1, 0.15) is 31.2 Å². The number of aliphatic imine (C=N–C) groups is 1. The van der Waals surface area contributed by atoms with E-state index in [0.29, 0.717) is 6.04 Å². The average Bonchev–Trinajstić information content (AvgIpc) is 3.15. The minimum absolute atomic E-state index is 0. The Kier molecular flexibility index (Phi) is 9.40. The van der Waals surface area contributed by atoms with E-state index < -0.39 is 0 Å². The zero-order chi connectivity index (χ0) is 20.8. The van der Waals surface area contributed by atoms with Crippen molar-refractivity contribution in [3.63, 3.8) is 0 Å². The number of guanidine groups is 1. The molecule has 2 saturated heterocycles. The molecule has 1 aromatic carbocycles. The molecule has 0 aromatic heterocycles. The summed E-state index contributed by atoms with van der Waals surface area (Å²) >= 11 is 0. The molecule has 1 amide bonds. The van der Waals surface area contributed by atoms with Gasteiger partial charge in [0.1, 0.15) is 0 Å². The molecule has 1 saturated carbocycles. The molecule has 4 rings (SSSR count). The fourth-order valence-electron chi connectivity index (χ4n) is 4.59. The van der Waals surface area contributed by atoms with Crippen LogP contribution in [0.25, 0.3) is 0 Å². The molecule has 2 N–H and O–H groups in total. The lowest BCUT2D eigenvalue weighted by Gasteiger charge is -2.36. The summed E-state index contributed by atoms with van der Waals surface area (Å²) in [6.07, 6.45) is 4.42. The van der Waals surface area contributed by atoms with Crippen LogP contribution < -0.4 is 10.6 Å². The van der Waals surface area contributed by atoms with Crippen molar-refractivity contribution in [3.05, 3.63) is 35.9 Å². The number of rotatable bonds is 7. The van der Waals surface area contributed by atoms with Gasteiger partial charge in [0.15, 0.2) is 5.96 Å². The maximum absolute atomic E-state index is 11.9. The van der Waals surface area contributed by atoms with Crippen molar-refractivity contribution in [2.45, 2.75) is 44.4 Å². The van der Waals surface area contributed by atoms with Gasteiger partial charge >= 0.3 is 0 Å². The van der Waals surface area contributed by atoms with Crippen molar-refractivity contribution >= 4 is 35.8 Å². The summed E-state index contributed by atoms with van der Waals surface area (Å²) in [6.45, 7) is 6.04. The molecule has 1 aromatic rings. The van der Waals surface area contributed by atoms with Crippen molar-refractivity contribution in [1.29, 1.82) is 0 Å². The average molecular weight is 541 g/mol. The molecule has 2 aliphatic heterocycles. The largest absolute Gasteiger partial charge is 0.373 e. The third-order valence-corrected chi connectivity index (χ3v) is 6.57. The Morgan fingerprint density at radius 2 is 1.94 bits per heavy atom. The molecule has 7 nitrogen and oxygen atoms in total. The number of amides is 1. The number of carbonyl (C=O) groups is 1. The molecule has 3 fully saturated rings. The first-order valence-electron chi connectivity index (χ1n) is 11.4. The van der Waals surface area contributed by atoms with Crippen molar-refractivity contribution < 1.29 is 9.53 Å². The molecule has 0 spiro atoms. The summed E-state index contributed by atoms with van der Waals surface area (Å²) in [4.78, 5) is 21.3. The highest BCUT2D eigenvalue weighted by molar-refractivity contribution is 14.0. The Morgan fingerprint density at radius 3 is 2.65 bits per heavy atom. The molecular weight excluding hydrogens is 505 g/mol. The van der Waals surface area contributed by atoms with Gasteiger partial charge in [-0.2, -0.15) is 0 Å². The number of morpholine rings is 1. The van der Waals surface area contributed by atoms with Crippen LogP contribution in [0, 0.1) is 5.92 Å². The van der Waals surface area contributed by atoms with Gasteiger partial charge in [-0.3, -0.25) is 14.7 Å². The quantitative estimate of drug-likeness (QED) is 0.240. The van der Waals surface area contributed by atoms with E-state index in [9.17, 15) is 4.79 Å². The number of carbonyl (C=O) groups excluding carboxylic acids is 1. The molecule has 1 aliphatic carbocycles. The van der Waals surface area contributed by atoms with Crippen LogP contribution in [0.4, 0.5) is 0 Å². The third kappa shape index (κ3) is 6.32. The summed E-state index contributed by atoms with van der Waals surface area (Å²) in [5.74, 6) is 1.42. The van der Waals surface area contributed by atoms with Crippen molar-refractivity contribution in [2.75, 3.05) is 46.4 Å². The molecule has 8 heteroatoms. The number of benzene rings is 1. The van der Waals surface area contributed by atoms with Gasteiger partial charge in [-0.1, -0.05) is 36.8 Å². The summed E-state index contributed by atoms with van der Waals surface area (Å²) in [5, 5.41) is 6.52. The summed E-state index contributed by atoms with van der Waals surface area (Å²) < 4.78 is 6.09. The third-order valence-electron chi connectivity index (χ3n) is 6.57. The highest BCUT2D eigenvalue weighted by Crippen LogP contribution is 2.26. The smallest absolute Gasteiger partial charge is 0.223 e. The summed E-state index contributed by atoms with van der Waals surface area (Å²) in [7, 11) is 1.84. The zero-order valence-corrected chi connectivity index (χ0v) is 20.8. The molecule has 0 bridgehead atoms. The van der Waals surface area contributed by atoms with Gasteiger partial charge in [-0.15, -0.1) is 24.0 Å². The number of hydrogen-bond donors (Lipinski definition) is 2. The van der Waals surface area contributed by atoms with Gasteiger partial charge in [0.05, 0.1) is 18.8 Å². The maximum Gasteiger partial charge on any atom is 0.223 e. The number of nitrogens with one attached hydrogen (secondary N) is 2. The second kappa shape index (κ2) is 12.0. The van der Waals surface area contributed by atoms with Gasteiger partial charge in [-0.25, -0.2) is 0 Å². The number of likely N-dealkylation sites (tertiary alicyclic amines) is 1. The molecule has 2 heterocycles. The minimum Gasteiger partial charge on any atom is -0.373 e. The van der Waals surface area contributed by atoms with Gasteiger partial charge in [0, 0.05) is 52.2 Å². The van der Waals surface area contributed by atoms with Crippen LogP contribution in [0.2, 0.25) is 0 Å². The van der Waals surface area contributed by atoms with Crippen LogP contribution >= 0.6 is 24.0 Å². The highest BCUT2D eigenvalue weighted by Gasteiger charge is 2.41. The van der Waals surface area contributed by atoms with Gasteiger partial charge in [-0.05, 0) is 24.8 Å². The van der Waals surface area contributed by atoms with Crippen molar-refractivity contribution in [3.8, 4) is 0 Å². The SMILES string of the molecule is CN=C(NCCCNC(=O)C1CCC1)N1CC2OCCN(Cc3ccccc3)C2C1.I. The predicted octanol–water partition coefficient (Wildman–Crippen LogP) is 2.07. The number of fused-ring (bicyclic) bond motifs is 1. The number of halogens is 1. The fourth-order valence-corrected chi connectivity index (χ4v) is 4.59. The lowest BCUT2D eigenvalue weighted by Crippen LogP contribution is -2.50. The lowest BCUT2D eigenvalue weighted by molar-refractivity contribution is -0.127. The Morgan fingerprint density at radius 1 is 1.16 bits per heavy atom. The highest BCUT2D eigenvalue weighted by atomic mass is 127. The van der Waals surface area contributed by atoms with Crippen LogP contribution in [-0.2, 0) is 16.1 Å². The molecule has 0 radical (unpaired) electrons. The number of hydrogen-bond acceptors (Lipinski definition) is 4. The van der Waals surface area contributed by atoms with Crippen molar-refractivity contribution in [1.82, 2.24) is 20.4 Å². The second-order valence-corrected chi connectivity index (χ2v) is 8.58. The van der Waals surface area contributed by atoms with Crippen LogP contribution in [-0.4, -0.2) is 80.2 Å². The monoisotopic (exact) mass is 541 g/mol. The Labute approximate surface area is 203 Å². The lowest BCUT2D eigenvalue weighted by atomic mass is 9.85. The number of ether oxygens (including phenoxy) is 1. The van der Waals surface area contributed by atoms with E-state index in [1.54, 1.807) is 0 Å². The maximum atomic E-state index is 11.9. The Hall–Kier alpha value is -1.39. The first-order valence-corrected chi connectivity index (χ1v) is 11.4. The molecular formula is C23H36IN5O2. The number of nitrogens with zero attached hydrogens (tertiary/aromatic N) is 3. The summed E-state index contributed by atoms with van der Waals surface area (Å²) in [6, 6.07) is 11.1. The molecule has 172 valence electrons.